The van der Waals surface area contributed by atoms with Gasteiger partial charge in [0.1, 0.15) is 11.5 Å². The Morgan fingerprint density at radius 2 is 1.96 bits per heavy atom. The van der Waals surface area contributed by atoms with Gasteiger partial charge in [0.15, 0.2) is 5.78 Å². The van der Waals surface area contributed by atoms with Crippen molar-refractivity contribution >= 4 is 11.8 Å². The van der Waals surface area contributed by atoms with Crippen LogP contribution in [0.15, 0.2) is 30.3 Å². The summed E-state index contributed by atoms with van der Waals surface area (Å²) in [5.41, 5.74) is 2.69. The summed E-state index contributed by atoms with van der Waals surface area (Å²) in [5.74, 6) is -0.708. The summed E-state index contributed by atoms with van der Waals surface area (Å²) >= 11 is 0. The lowest BCUT2D eigenvalue weighted by atomic mass is 9.97. The van der Waals surface area contributed by atoms with Gasteiger partial charge in [0.2, 0.25) is 0 Å². The molecule has 0 radical (unpaired) electrons. The van der Waals surface area contributed by atoms with Crippen molar-refractivity contribution in [3.8, 4) is 0 Å². The van der Waals surface area contributed by atoms with Crippen molar-refractivity contribution in [1.82, 2.24) is 4.57 Å². The number of esters is 1. The molecule has 0 amide bonds. The Morgan fingerprint density at radius 1 is 1.25 bits per heavy atom. The van der Waals surface area contributed by atoms with Crippen LogP contribution in [0.25, 0.3) is 0 Å². The fourth-order valence-corrected chi connectivity index (χ4v) is 3.06. The number of carbonyl (C=O) groups excluding carboxylic acids is 2. The van der Waals surface area contributed by atoms with Gasteiger partial charge in [-0.25, -0.2) is 9.18 Å². The second-order valence-corrected chi connectivity index (χ2v) is 6.35. The number of aromatic nitrogens is 1. The van der Waals surface area contributed by atoms with Crippen LogP contribution < -0.4 is 0 Å². The highest BCUT2D eigenvalue weighted by Gasteiger charge is 2.28. The molecule has 1 aromatic heterocycles. The molecule has 1 aromatic carbocycles. The third-order valence-corrected chi connectivity index (χ3v) is 4.10. The van der Waals surface area contributed by atoms with E-state index in [0.29, 0.717) is 24.4 Å². The summed E-state index contributed by atoms with van der Waals surface area (Å²) in [5, 5.41) is 0. The average molecular weight is 329 g/mol. The van der Waals surface area contributed by atoms with E-state index >= 15 is 0 Å². The van der Waals surface area contributed by atoms with Crippen LogP contribution in [0, 0.1) is 5.82 Å². The van der Waals surface area contributed by atoms with E-state index < -0.39 is 5.97 Å². The molecule has 0 bridgehead atoms. The van der Waals surface area contributed by atoms with Crippen LogP contribution in [-0.2, 0) is 17.7 Å². The lowest BCUT2D eigenvalue weighted by molar-refractivity contribution is 0.0365. The van der Waals surface area contributed by atoms with Crippen LogP contribution in [-0.4, -0.2) is 22.4 Å². The maximum Gasteiger partial charge on any atom is 0.355 e. The minimum Gasteiger partial charge on any atom is -0.458 e. The predicted octanol–water partition coefficient (Wildman–Crippen LogP) is 3.76. The topological polar surface area (TPSA) is 48.3 Å². The summed E-state index contributed by atoms with van der Waals surface area (Å²) in [6, 6.07) is 7.83. The van der Waals surface area contributed by atoms with Gasteiger partial charge in [-0.3, -0.25) is 4.79 Å². The molecule has 4 nitrogen and oxygen atoms in total. The number of aryl methyl sites for hydroxylation is 1. The highest BCUT2D eigenvalue weighted by atomic mass is 19.1. The van der Waals surface area contributed by atoms with Gasteiger partial charge in [0.25, 0.3) is 0 Å². The van der Waals surface area contributed by atoms with Crippen LogP contribution in [0.1, 0.15) is 58.8 Å². The van der Waals surface area contributed by atoms with Gasteiger partial charge in [-0.1, -0.05) is 12.1 Å². The molecular weight excluding hydrogens is 309 g/mol. The smallest absolute Gasteiger partial charge is 0.355 e. The Hall–Kier alpha value is -2.43. The Morgan fingerprint density at radius 3 is 2.62 bits per heavy atom. The summed E-state index contributed by atoms with van der Waals surface area (Å²) in [6.07, 6.45) is 1.82. The Balaban J connectivity index is 2.03. The fourth-order valence-electron chi connectivity index (χ4n) is 3.06. The molecule has 24 heavy (non-hydrogen) atoms. The lowest BCUT2D eigenvalue weighted by Gasteiger charge is -2.16. The zero-order valence-electron chi connectivity index (χ0n) is 13.8. The van der Waals surface area contributed by atoms with Crippen molar-refractivity contribution in [3.63, 3.8) is 0 Å². The Labute approximate surface area is 140 Å². The average Bonchev–Trinajstić information content (AvgIpc) is 2.89. The maximum atomic E-state index is 13.1. The highest BCUT2D eigenvalue weighted by Crippen LogP contribution is 2.27. The molecule has 5 heteroatoms. The quantitative estimate of drug-likeness (QED) is 0.803. The number of benzene rings is 1. The van der Waals surface area contributed by atoms with Crippen LogP contribution in [0.3, 0.4) is 0 Å². The first-order chi connectivity index (χ1) is 11.5. The predicted molar refractivity (Wildman–Crippen MR) is 87.8 cm³/mol. The zero-order valence-corrected chi connectivity index (χ0v) is 13.8. The van der Waals surface area contributed by atoms with E-state index in [-0.39, 0.29) is 17.7 Å². The molecule has 3 rings (SSSR count). The van der Waals surface area contributed by atoms with Gasteiger partial charge in [-0.2, -0.15) is 0 Å². The second kappa shape index (κ2) is 6.59. The summed E-state index contributed by atoms with van der Waals surface area (Å²) in [6.45, 7) is 3.91. The standard InChI is InChI=1S/C19H20FNO3/c1-12(2)24-19(23)16-10-14-4-3-5-17(22)18(14)21(16)11-13-6-8-15(20)9-7-13/h6-10,12H,3-5,11H2,1-2H3. The fraction of sp³-hybridized carbons (Fsp3) is 0.368. The number of hydrogen-bond donors (Lipinski definition) is 0. The second-order valence-electron chi connectivity index (χ2n) is 6.35. The van der Waals surface area contributed by atoms with E-state index in [0.717, 1.165) is 24.0 Å². The number of ether oxygens (including phenoxy) is 1. The molecule has 0 fully saturated rings. The van der Waals surface area contributed by atoms with Crippen molar-refractivity contribution < 1.29 is 18.7 Å². The van der Waals surface area contributed by atoms with E-state index in [1.165, 1.54) is 12.1 Å². The van der Waals surface area contributed by atoms with Crippen LogP contribution in [0.5, 0.6) is 0 Å². The highest BCUT2D eigenvalue weighted by molar-refractivity contribution is 6.00. The van der Waals surface area contributed by atoms with Gasteiger partial charge in [-0.05, 0) is 56.0 Å². The summed E-state index contributed by atoms with van der Waals surface area (Å²) in [4.78, 5) is 24.8. The van der Waals surface area contributed by atoms with Gasteiger partial charge in [0, 0.05) is 13.0 Å². The van der Waals surface area contributed by atoms with Crippen LogP contribution in [0.2, 0.25) is 0 Å². The van der Waals surface area contributed by atoms with Gasteiger partial charge < -0.3 is 9.30 Å². The maximum absolute atomic E-state index is 13.1. The lowest BCUT2D eigenvalue weighted by Crippen LogP contribution is -2.20. The number of Topliss-reactive ketones (excluding diaryl/α,β-unsaturated/α-hetero) is 1. The molecule has 0 aliphatic heterocycles. The molecule has 2 aromatic rings. The van der Waals surface area contributed by atoms with Crippen LogP contribution in [0.4, 0.5) is 4.39 Å². The molecule has 1 aliphatic carbocycles. The molecule has 126 valence electrons. The zero-order chi connectivity index (χ0) is 17.3. The number of nitrogens with zero attached hydrogens (tertiary/aromatic N) is 1. The summed E-state index contributed by atoms with van der Waals surface area (Å²) < 4.78 is 20.1. The number of hydrogen-bond acceptors (Lipinski definition) is 3. The van der Waals surface area contributed by atoms with Gasteiger partial charge in [-0.15, -0.1) is 0 Å². The van der Waals surface area contributed by atoms with Crippen molar-refractivity contribution in [2.24, 2.45) is 0 Å². The third kappa shape index (κ3) is 3.25. The molecular formula is C19H20FNO3. The molecule has 0 saturated heterocycles. The minimum absolute atomic E-state index is 0.0435. The molecule has 0 spiro atoms. The van der Waals surface area contributed by atoms with E-state index in [1.807, 2.05) is 0 Å². The van der Waals surface area contributed by atoms with Gasteiger partial charge in [0.05, 0.1) is 11.8 Å². The number of carbonyl (C=O) groups is 2. The van der Waals surface area contributed by atoms with Crippen LogP contribution >= 0.6 is 0 Å². The van der Waals surface area contributed by atoms with E-state index in [9.17, 15) is 14.0 Å². The minimum atomic E-state index is -0.436. The van der Waals surface area contributed by atoms with Gasteiger partial charge >= 0.3 is 5.97 Å². The van der Waals surface area contributed by atoms with E-state index in [2.05, 4.69) is 0 Å². The third-order valence-electron chi connectivity index (χ3n) is 4.10. The van der Waals surface area contributed by atoms with Crippen molar-refractivity contribution in [1.29, 1.82) is 0 Å². The number of ketones is 1. The summed E-state index contributed by atoms with van der Waals surface area (Å²) in [7, 11) is 0. The largest absolute Gasteiger partial charge is 0.458 e. The monoisotopic (exact) mass is 329 g/mol. The first-order valence-electron chi connectivity index (χ1n) is 8.16. The van der Waals surface area contributed by atoms with Crippen molar-refractivity contribution in [3.05, 3.63) is 58.7 Å². The Bertz CT molecular complexity index is 775. The first-order valence-corrected chi connectivity index (χ1v) is 8.16. The number of fused-ring (bicyclic) bond motifs is 1. The number of rotatable bonds is 4. The molecule has 0 atom stereocenters. The van der Waals surface area contributed by atoms with Crippen molar-refractivity contribution in [2.75, 3.05) is 0 Å². The van der Waals surface area contributed by atoms with Crippen molar-refractivity contribution in [2.45, 2.75) is 45.8 Å². The van der Waals surface area contributed by atoms with E-state index in [1.54, 1.807) is 36.6 Å². The molecule has 0 saturated carbocycles. The molecule has 1 aliphatic rings. The van der Waals surface area contributed by atoms with E-state index in [4.69, 9.17) is 4.74 Å². The Kier molecular flexibility index (Phi) is 4.51. The SMILES string of the molecule is CC(C)OC(=O)c1cc2c(n1Cc1ccc(F)cc1)C(=O)CCC2. The molecule has 0 N–H and O–H groups in total. The first kappa shape index (κ1) is 16.4. The number of halogens is 1. The molecule has 1 heterocycles. The molecule has 0 unspecified atom stereocenters. The normalized spacial score (nSPS) is 13.9.